The predicted octanol–water partition coefficient (Wildman–Crippen LogP) is 2.85. The van der Waals surface area contributed by atoms with Crippen molar-refractivity contribution in [3.63, 3.8) is 0 Å². The Morgan fingerprint density at radius 3 is 2.72 bits per heavy atom. The number of hydrogen-bond acceptors (Lipinski definition) is 6. The van der Waals surface area contributed by atoms with Crippen molar-refractivity contribution in [3.05, 3.63) is 53.9 Å². The molecular formula is C23H32N4O2. The van der Waals surface area contributed by atoms with Crippen LogP contribution in [0.2, 0.25) is 0 Å². The largest absolute Gasteiger partial charge is 0.491 e. The van der Waals surface area contributed by atoms with E-state index >= 15 is 0 Å². The van der Waals surface area contributed by atoms with Crippen LogP contribution in [-0.2, 0) is 11.3 Å². The van der Waals surface area contributed by atoms with Crippen molar-refractivity contribution in [1.82, 2.24) is 15.2 Å². The lowest BCUT2D eigenvalue weighted by molar-refractivity contribution is 0.122. The van der Waals surface area contributed by atoms with Crippen LogP contribution in [0.15, 0.2) is 42.6 Å². The van der Waals surface area contributed by atoms with Gasteiger partial charge in [-0.3, -0.25) is 9.88 Å². The van der Waals surface area contributed by atoms with Gasteiger partial charge in [-0.25, -0.2) is 0 Å². The number of nitrogens with zero attached hydrogens (tertiary/aromatic N) is 3. The first-order chi connectivity index (χ1) is 14.2. The quantitative estimate of drug-likeness (QED) is 0.810. The minimum absolute atomic E-state index is 0.171. The van der Waals surface area contributed by atoms with Gasteiger partial charge in [-0.15, -0.1) is 0 Å². The van der Waals surface area contributed by atoms with E-state index < -0.39 is 0 Å². The molecule has 1 aromatic heterocycles. The van der Waals surface area contributed by atoms with Crippen LogP contribution in [0, 0.1) is 0 Å². The number of piperazine rings is 1. The van der Waals surface area contributed by atoms with Crippen molar-refractivity contribution in [2.75, 3.05) is 50.8 Å². The normalized spacial score (nSPS) is 20.8. The molecule has 1 aromatic carbocycles. The van der Waals surface area contributed by atoms with Crippen LogP contribution < -0.4 is 15.0 Å². The molecule has 0 aliphatic carbocycles. The smallest absolute Gasteiger partial charge is 0.124 e. The SMILES string of the molecule is CC(C)Oc1ccccc1C1CN(Cc2ccc(N3CCOCC3)cn2)CCN1. The molecule has 156 valence electrons. The molecule has 4 rings (SSSR count). The van der Waals surface area contributed by atoms with Crippen molar-refractivity contribution in [2.45, 2.75) is 32.5 Å². The molecule has 0 radical (unpaired) electrons. The number of hydrogen-bond donors (Lipinski definition) is 1. The van der Waals surface area contributed by atoms with Gasteiger partial charge in [0, 0.05) is 50.9 Å². The lowest BCUT2D eigenvalue weighted by Crippen LogP contribution is -2.45. The second-order valence-electron chi connectivity index (χ2n) is 8.05. The van der Waals surface area contributed by atoms with Gasteiger partial charge in [0.15, 0.2) is 0 Å². The van der Waals surface area contributed by atoms with Gasteiger partial charge in [-0.1, -0.05) is 18.2 Å². The van der Waals surface area contributed by atoms with Crippen LogP contribution >= 0.6 is 0 Å². The maximum Gasteiger partial charge on any atom is 0.124 e. The molecule has 1 atom stereocenters. The Balaban J connectivity index is 1.39. The number of rotatable bonds is 6. The van der Waals surface area contributed by atoms with E-state index in [1.807, 2.05) is 12.3 Å². The Morgan fingerprint density at radius 1 is 1.14 bits per heavy atom. The van der Waals surface area contributed by atoms with E-state index in [0.717, 1.165) is 63.9 Å². The Morgan fingerprint density at radius 2 is 1.97 bits per heavy atom. The van der Waals surface area contributed by atoms with E-state index in [2.05, 4.69) is 59.3 Å². The van der Waals surface area contributed by atoms with Crippen LogP contribution in [-0.4, -0.2) is 61.9 Å². The third-order valence-corrected chi connectivity index (χ3v) is 5.49. The molecule has 1 unspecified atom stereocenters. The number of para-hydroxylation sites is 1. The highest BCUT2D eigenvalue weighted by Crippen LogP contribution is 2.28. The van der Waals surface area contributed by atoms with Crippen LogP contribution in [0.25, 0.3) is 0 Å². The molecule has 0 saturated carbocycles. The fourth-order valence-electron chi connectivity index (χ4n) is 4.04. The summed E-state index contributed by atoms with van der Waals surface area (Å²) in [5.41, 5.74) is 3.55. The Kier molecular flexibility index (Phi) is 6.64. The molecule has 0 spiro atoms. The average Bonchev–Trinajstić information content (AvgIpc) is 2.75. The van der Waals surface area contributed by atoms with Gasteiger partial charge in [0.2, 0.25) is 0 Å². The molecule has 6 nitrogen and oxygen atoms in total. The minimum Gasteiger partial charge on any atom is -0.491 e. The first kappa shape index (κ1) is 20.1. The van der Waals surface area contributed by atoms with Crippen LogP contribution in [0.1, 0.15) is 31.1 Å². The first-order valence-corrected chi connectivity index (χ1v) is 10.7. The number of pyridine rings is 1. The Labute approximate surface area is 173 Å². The van der Waals surface area contributed by atoms with Gasteiger partial charge in [0.1, 0.15) is 5.75 Å². The molecule has 2 aromatic rings. The maximum absolute atomic E-state index is 6.04. The summed E-state index contributed by atoms with van der Waals surface area (Å²) >= 11 is 0. The van der Waals surface area contributed by atoms with E-state index in [0.29, 0.717) is 0 Å². The lowest BCUT2D eigenvalue weighted by Gasteiger charge is -2.34. The summed E-state index contributed by atoms with van der Waals surface area (Å²) in [6, 6.07) is 13.0. The van der Waals surface area contributed by atoms with Crippen molar-refractivity contribution in [1.29, 1.82) is 0 Å². The van der Waals surface area contributed by atoms with Crippen molar-refractivity contribution >= 4 is 5.69 Å². The lowest BCUT2D eigenvalue weighted by atomic mass is 10.0. The first-order valence-electron chi connectivity index (χ1n) is 10.7. The minimum atomic E-state index is 0.171. The molecule has 0 amide bonds. The standard InChI is InChI=1S/C23H32N4O2/c1-18(2)29-23-6-4-3-5-21(23)22-17-26(10-9-24-22)16-19-7-8-20(15-25-19)27-11-13-28-14-12-27/h3-8,15,18,22,24H,9-14,16-17H2,1-2H3. The average molecular weight is 397 g/mol. The summed E-state index contributed by atoms with van der Waals surface area (Å²) in [4.78, 5) is 9.55. The molecule has 1 N–H and O–H groups in total. The summed E-state index contributed by atoms with van der Waals surface area (Å²) in [7, 11) is 0. The van der Waals surface area contributed by atoms with Crippen molar-refractivity contribution < 1.29 is 9.47 Å². The number of aromatic nitrogens is 1. The zero-order valence-corrected chi connectivity index (χ0v) is 17.5. The van der Waals surface area contributed by atoms with Crippen molar-refractivity contribution in [2.24, 2.45) is 0 Å². The molecule has 6 heteroatoms. The topological polar surface area (TPSA) is 49.9 Å². The van der Waals surface area contributed by atoms with E-state index in [4.69, 9.17) is 14.5 Å². The summed E-state index contributed by atoms with van der Waals surface area (Å²) in [6.07, 6.45) is 2.18. The highest BCUT2D eigenvalue weighted by atomic mass is 16.5. The highest BCUT2D eigenvalue weighted by molar-refractivity contribution is 5.44. The highest BCUT2D eigenvalue weighted by Gasteiger charge is 2.24. The Bertz CT molecular complexity index is 775. The Hall–Kier alpha value is -2.15. The fraction of sp³-hybridized carbons (Fsp3) is 0.522. The predicted molar refractivity (Wildman–Crippen MR) is 115 cm³/mol. The van der Waals surface area contributed by atoms with Crippen LogP contribution in [0.5, 0.6) is 5.75 Å². The van der Waals surface area contributed by atoms with Crippen LogP contribution in [0.4, 0.5) is 5.69 Å². The maximum atomic E-state index is 6.04. The second kappa shape index (κ2) is 9.57. The van der Waals surface area contributed by atoms with Gasteiger partial charge < -0.3 is 19.7 Å². The molecular weight excluding hydrogens is 364 g/mol. The molecule has 2 saturated heterocycles. The van der Waals surface area contributed by atoms with Crippen LogP contribution in [0.3, 0.4) is 0 Å². The van der Waals surface area contributed by atoms with E-state index in [-0.39, 0.29) is 12.1 Å². The van der Waals surface area contributed by atoms with Crippen molar-refractivity contribution in [3.8, 4) is 5.75 Å². The van der Waals surface area contributed by atoms with E-state index in [9.17, 15) is 0 Å². The number of morpholine rings is 1. The third kappa shape index (κ3) is 5.26. The second-order valence-corrected chi connectivity index (χ2v) is 8.05. The van der Waals surface area contributed by atoms with Gasteiger partial charge in [0.05, 0.1) is 36.9 Å². The number of nitrogens with one attached hydrogen (secondary N) is 1. The molecule has 2 aliphatic rings. The summed E-state index contributed by atoms with van der Waals surface area (Å²) in [5, 5.41) is 3.66. The molecule has 3 heterocycles. The van der Waals surface area contributed by atoms with Gasteiger partial charge in [-0.05, 0) is 32.0 Å². The zero-order valence-electron chi connectivity index (χ0n) is 17.5. The summed E-state index contributed by atoms with van der Waals surface area (Å²) < 4.78 is 11.5. The molecule has 2 fully saturated rings. The van der Waals surface area contributed by atoms with E-state index in [1.54, 1.807) is 0 Å². The molecule has 29 heavy (non-hydrogen) atoms. The summed E-state index contributed by atoms with van der Waals surface area (Å²) in [6.45, 7) is 11.4. The number of anilines is 1. The third-order valence-electron chi connectivity index (χ3n) is 5.49. The summed E-state index contributed by atoms with van der Waals surface area (Å²) in [5.74, 6) is 0.981. The van der Waals surface area contributed by atoms with Gasteiger partial charge in [-0.2, -0.15) is 0 Å². The number of ether oxygens (including phenoxy) is 2. The van der Waals surface area contributed by atoms with E-state index in [1.165, 1.54) is 11.3 Å². The van der Waals surface area contributed by atoms with Gasteiger partial charge >= 0.3 is 0 Å². The molecule has 2 aliphatic heterocycles. The fourth-order valence-corrected chi connectivity index (χ4v) is 4.04. The number of benzene rings is 1. The van der Waals surface area contributed by atoms with Gasteiger partial charge in [0.25, 0.3) is 0 Å². The monoisotopic (exact) mass is 396 g/mol. The molecule has 0 bridgehead atoms. The zero-order chi connectivity index (χ0) is 20.1.